The standard InChI is InChI=1S/C23H17F5N2O/c1-14-8-9-17(15(2)10-14)13-30-20(16-6-4-3-5-7-16)11-19(18(12-29)21(30)31)22(24,25)23(26,27)28/h3-11H,13H2,1-2H3. The van der Waals surface area contributed by atoms with Crippen LogP contribution < -0.4 is 5.56 Å². The van der Waals surface area contributed by atoms with Gasteiger partial charge in [0.15, 0.2) is 0 Å². The van der Waals surface area contributed by atoms with Gasteiger partial charge in [0, 0.05) is 0 Å². The van der Waals surface area contributed by atoms with Crippen molar-refractivity contribution in [2.24, 2.45) is 0 Å². The van der Waals surface area contributed by atoms with Crippen molar-refractivity contribution in [2.75, 3.05) is 0 Å². The van der Waals surface area contributed by atoms with Gasteiger partial charge in [0.25, 0.3) is 5.56 Å². The lowest BCUT2D eigenvalue weighted by Crippen LogP contribution is -2.38. The van der Waals surface area contributed by atoms with Gasteiger partial charge >= 0.3 is 12.1 Å². The fourth-order valence-corrected chi connectivity index (χ4v) is 3.35. The molecule has 0 atom stereocenters. The van der Waals surface area contributed by atoms with Gasteiger partial charge in [-0.25, -0.2) is 0 Å². The first-order chi connectivity index (χ1) is 14.5. The highest BCUT2D eigenvalue weighted by Crippen LogP contribution is 2.45. The molecule has 0 unspecified atom stereocenters. The van der Waals surface area contributed by atoms with E-state index in [9.17, 15) is 32.0 Å². The van der Waals surface area contributed by atoms with Crippen molar-refractivity contribution in [1.82, 2.24) is 4.57 Å². The molecule has 3 aromatic rings. The first kappa shape index (κ1) is 22.2. The summed E-state index contributed by atoms with van der Waals surface area (Å²) in [5, 5.41) is 9.31. The van der Waals surface area contributed by atoms with Crippen LogP contribution in [0.3, 0.4) is 0 Å². The van der Waals surface area contributed by atoms with Crippen LogP contribution in [0, 0.1) is 25.2 Å². The molecular weight excluding hydrogens is 415 g/mol. The number of hydrogen-bond donors (Lipinski definition) is 0. The number of aromatic nitrogens is 1. The van der Waals surface area contributed by atoms with Crippen molar-refractivity contribution in [3.05, 3.63) is 92.8 Å². The molecule has 3 rings (SSSR count). The zero-order chi connectivity index (χ0) is 23.0. The Bertz CT molecular complexity index is 1220. The minimum Gasteiger partial charge on any atom is -0.303 e. The van der Waals surface area contributed by atoms with Gasteiger partial charge in [0.1, 0.15) is 11.6 Å². The number of aryl methyl sites for hydroxylation is 2. The third-order valence-corrected chi connectivity index (χ3v) is 5.00. The zero-order valence-corrected chi connectivity index (χ0v) is 16.6. The smallest absolute Gasteiger partial charge is 0.303 e. The number of nitriles is 1. The Balaban J connectivity index is 2.35. The maximum Gasteiger partial charge on any atom is 0.458 e. The molecule has 0 aliphatic carbocycles. The second kappa shape index (κ2) is 7.99. The Kier molecular flexibility index (Phi) is 5.72. The van der Waals surface area contributed by atoms with Crippen LogP contribution in [0.1, 0.15) is 27.8 Å². The van der Waals surface area contributed by atoms with Crippen molar-refractivity contribution in [3.63, 3.8) is 0 Å². The van der Waals surface area contributed by atoms with Crippen LogP contribution in [0.15, 0.2) is 59.4 Å². The normalized spacial score (nSPS) is 11.9. The summed E-state index contributed by atoms with van der Waals surface area (Å²) in [5.74, 6) is -5.36. The van der Waals surface area contributed by atoms with Gasteiger partial charge in [-0.3, -0.25) is 4.79 Å². The second-order valence-electron chi connectivity index (χ2n) is 7.19. The molecule has 160 valence electrons. The Morgan fingerprint density at radius 2 is 1.61 bits per heavy atom. The van der Waals surface area contributed by atoms with Gasteiger partial charge in [-0.15, -0.1) is 0 Å². The predicted octanol–water partition coefficient (Wildman–Crippen LogP) is 5.71. The van der Waals surface area contributed by atoms with Crippen LogP contribution >= 0.6 is 0 Å². The molecule has 0 aliphatic rings. The fourth-order valence-electron chi connectivity index (χ4n) is 3.35. The SMILES string of the molecule is Cc1ccc(Cn2c(-c3ccccc3)cc(C(F)(F)C(F)(F)F)c(C#N)c2=O)c(C)c1. The molecule has 1 aromatic heterocycles. The molecule has 0 spiro atoms. The number of halogens is 5. The summed E-state index contributed by atoms with van der Waals surface area (Å²) < 4.78 is 68.7. The Morgan fingerprint density at radius 1 is 0.968 bits per heavy atom. The van der Waals surface area contributed by atoms with E-state index >= 15 is 0 Å². The van der Waals surface area contributed by atoms with E-state index in [-0.39, 0.29) is 17.8 Å². The third kappa shape index (κ3) is 4.08. The van der Waals surface area contributed by atoms with Crippen molar-refractivity contribution in [2.45, 2.75) is 32.5 Å². The zero-order valence-electron chi connectivity index (χ0n) is 16.6. The van der Waals surface area contributed by atoms with Crippen molar-refractivity contribution in [1.29, 1.82) is 5.26 Å². The molecule has 0 fully saturated rings. The van der Waals surface area contributed by atoms with E-state index in [2.05, 4.69) is 0 Å². The van der Waals surface area contributed by atoms with E-state index in [0.29, 0.717) is 11.6 Å². The second-order valence-corrected chi connectivity index (χ2v) is 7.19. The summed E-state index contributed by atoms with van der Waals surface area (Å²) in [7, 11) is 0. The third-order valence-electron chi connectivity index (χ3n) is 5.00. The highest BCUT2D eigenvalue weighted by molar-refractivity contribution is 5.63. The minimum atomic E-state index is -5.96. The van der Waals surface area contributed by atoms with Gasteiger partial charge in [0.2, 0.25) is 0 Å². The van der Waals surface area contributed by atoms with Crippen molar-refractivity contribution in [3.8, 4) is 17.3 Å². The molecule has 8 heteroatoms. The number of hydrogen-bond acceptors (Lipinski definition) is 2. The Morgan fingerprint density at radius 3 is 2.16 bits per heavy atom. The van der Waals surface area contributed by atoms with Gasteiger partial charge < -0.3 is 4.57 Å². The van der Waals surface area contributed by atoms with E-state index < -0.39 is 28.8 Å². The molecular formula is C23H17F5N2O. The molecule has 2 aromatic carbocycles. The van der Waals surface area contributed by atoms with E-state index in [0.717, 1.165) is 15.7 Å². The summed E-state index contributed by atoms with van der Waals surface area (Å²) in [5.41, 5.74) is -1.50. The lowest BCUT2D eigenvalue weighted by molar-refractivity contribution is -0.289. The minimum absolute atomic E-state index is 0.0955. The van der Waals surface area contributed by atoms with Gasteiger partial charge in [-0.05, 0) is 36.6 Å². The average molecular weight is 432 g/mol. The van der Waals surface area contributed by atoms with Gasteiger partial charge in [0.05, 0.1) is 17.8 Å². The van der Waals surface area contributed by atoms with Crippen LogP contribution in [-0.2, 0) is 12.5 Å². The summed E-state index contributed by atoms with van der Waals surface area (Å²) >= 11 is 0. The summed E-state index contributed by atoms with van der Waals surface area (Å²) in [6, 6.07) is 15.0. The molecule has 0 amide bonds. The number of alkyl halides is 5. The average Bonchev–Trinajstić information content (AvgIpc) is 2.70. The van der Waals surface area contributed by atoms with Crippen LogP contribution in [0.4, 0.5) is 22.0 Å². The molecule has 0 radical (unpaired) electrons. The first-order valence-corrected chi connectivity index (χ1v) is 9.22. The van der Waals surface area contributed by atoms with Crippen LogP contribution in [0.5, 0.6) is 0 Å². The van der Waals surface area contributed by atoms with E-state index in [1.165, 1.54) is 18.2 Å². The fraction of sp³-hybridized carbons (Fsp3) is 0.217. The van der Waals surface area contributed by atoms with Gasteiger partial charge in [-0.1, -0.05) is 54.1 Å². The molecule has 1 heterocycles. The molecule has 3 nitrogen and oxygen atoms in total. The van der Waals surface area contributed by atoms with Gasteiger partial charge in [-0.2, -0.15) is 27.2 Å². The first-order valence-electron chi connectivity index (χ1n) is 9.22. The van der Waals surface area contributed by atoms with Crippen molar-refractivity contribution >= 4 is 0 Å². The topological polar surface area (TPSA) is 45.8 Å². The van der Waals surface area contributed by atoms with Crippen molar-refractivity contribution < 1.29 is 22.0 Å². The molecule has 0 aliphatic heterocycles. The number of nitrogens with zero attached hydrogens (tertiary/aromatic N) is 2. The number of benzene rings is 2. The highest BCUT2D eigenvalue weighted by atomic mass is 19.4. The maximum absolute atomic E-state index is 14.2. The molecule has 0 bridgehead atoms. The summed E-state index contributed by atoms with van der Waals surface area (Å²) in [6.07, 6.45) is -5.96. The molecule has 0 saturated carbocycles. The van der Waals surface area contributed by atoms with Crippen LogP contribution in [0.2, 0.25) is 0 Å². The van der Waals surface area contributed by atoms with Crippen LogP contribution in [0.25, 0.3) is 11.3 Å². The number of rotatable bonds is 4. The number of pyridine rings is 1. The lowest BCUT2D eigenvalue weighted by atomic mass is 9.98. The van der Waals surface area contributed by atoms with E-state index in [1.807, 2.05) is 13.0 Å². The highest BCUT2D eigenvalue weighted by Gasteiger charge is 2.60. The lowest BCUT2D eigenvalue weighted by Gasteiger charge is -2.23. The summed E-state index contributed by atoms with van der Waals surface area (Å²) in [6.45, 7) is 3.58. The van der Waals surface area contributed by atoms with E-state index in [4.69, 9.17) is 0 Å². The monoisotopic (exact) mass is 432 g/mol. The Hall–Kier alpha value is -3.47. The molecule has 0 N–H and O–H groups in total. The molecule has 0 saturated heterocycles. The Labute approximate surface area is 175 Å². The predicted molar refractivity (Wildman–Crippen MR) is 106 cm³/mol. The largest absolute Gasteiger partial charge is 0.458 e. The van der Waals surface area contributed by atoms with Crippen LogP contribution in [-0.4, -0.2) is 10.7 Å². The van der Waals surface area contributed by atoms with E-state index in [1.54, 1.807) is 37.3 Å². The maximum atomic E-state index is 14.2. The quantitative estimate of drug-likeness (QED) is 0.496. The molecule has 31 heavy (non-hydrogen) atoms. The summed E-state index contributed by atoms with van der Waals surface area (Å²) in [4.78, 5) is 13.0.